The van der Waals surface area contributed by atoms with E-state index in [0.717, 1.165) is 6.07 Å². The molecule has 2 rings (SSSR count). The molecule has 6 heteroatoms. The molecular formula is C11H8ClF3N2. The summed E-state index contributed by atoms with van der Waals surface area (Å²) in [5.41, 5.74) is 5.55. The highest BCUT2D eigenvalue weighted by Crippen LogP contribution is 2.35. The zero-order valence-corrected chi connectivity index (χ0v) is 9.31. The van der Waals surface area contributed by atoms with Gasteiger partial charge < -0.3 is 5.73 Å². The highest BCUT2D eigenvalue weighted by Gasteiger charge is 2.33. The molecule has 0 saturated carbocycles. The van der Waals surface area contributed by atoms with Crippen LogP contribution in [0.2, 0.25) is 5.15 Å². The molecule has 0 radical (unpaired) electrons. The van der Waals surface area contributed by atoms with E-state index in [0.29, 0.717) is 5.56 Å². The molecular weight excluding hydrogens is 253 g/mol. The summed E-state index contributed by atoms with van der Waals surface area (Å²) in [5.74, 6) is 0. The van der Waals surface area contributed by atoms with Crippen LogP contribution in [0.25, 0.3) is 10.9 Å². The zero-order chi connectivity index (χ0) is 12.6. The van der Waals surface area contributed by atoms with E-state index in [2.05, 4.69) is 4.98 Å². The lowest BCUT2D eigenvalue weighted by Gasteiger charge is -2.11. The molecule has 2 N–H and O–H groups in total. The summed E-state index contributed by atoms with van der Waals surface area (Å²) in [4.78, 5) is 3.87. The van der Waals surface area contributed by atoms with Gasteiger partial charge in [-0.05, 0) is 17.7 Å². The van der Waals surface area contributed by atoms with Crippen molar-refractivity contribution in [2.75, 3.05) is 0 Å². The van der Waals surface area contributed by atoms with Gasteiger partial charge in [-0.15, -0.1) is 0 Å². The fourth-order valence-electron chi connectivity index (χ4n) is 1.60. The van der Waals surface area contributed by atoms with Crippen molar-refractivity contribution < 1.29 is 13.2 Å². The van der Waals surface area contributed by atoms with Crippen molar-refractivity contribution in [3.05, 3.63) is 40.5 Å². The Bertz CT molecular complexity index is 566. The Kier molecular flexibility index (Phi) is 2.97. The van der Waals surface area contributed by atoms with Crippen molar-refractivity contribution >= 4 is 22.5 Å². The summed E-state index contributed by atoms with van der Waals surface area (Å²) in [6, 6.07) is 5.25. The highest BCUT2D eigenvalue weighted by molar-refractivity contribution is 6.30. The van der Waals surface area contributed by atoms with E-state index < -0.39 is 11.7 Å². The summed E-state index contributed by atoms with van der Waals surface area (Å²) < 4.78 is 38.3. The van der Waals surface area contributed by atoms with Crippen molar-refractivity contribution in [3.63, 3.8) is 0 Å². The van der Waals surface area contributed by atoms with Crippen LogP contribution in [0.4, 0.5) is 13.2 Å². The van der Waals surface area contributed by atoms with Crippen LogP contribution in [-0.2, 0) is 12.7 Å². The van der Waals surface area contributed by atoms with E-state index in [1.165, 1.54) is 12.1 Å². The fraction of sp³-hybridized carbons (Fsp3) is 0.182. The van der Waals surface area contributed by atoms with Gasteiger partial charge in [-0.3, -0.25) is 0 Å². The molecule has 0 unspecified atom stereocenters. The van der Waals surface area contributed by atoms with Gasteiger partial charge in [-0.2, -0.15) is 13.2 Å². The monoisotopic (exact) mass is 260 g/mol. The first kappa shape index (κ1) is 12.1. The molecule has 0 amide bonds. The molecule has 90 valence electrons. The van der Waals surface area contributed by atoms with Crippen molar-refractivity contribution in [1.82, 2.24) is 4.98 Å². The van der Waals surface area contributed by atoms with E-state index in [1.54, 1.807) is 6.07 Å². The van der Waals surface area contributed by atoms with E-state index >= 15 is 0 Å². The largest absolute Gasteiger partial charge is 0.417 e. The summed E-state index contributed by atoms with van der Waals surface area (Å²) >= 11 is 5.58. The fourth-order valence-corrected chi connectivity index (χ4v) is 1.80. The second kappa shape index (κ2) is 4.16. The van der Waals surface area contributed by atoms with Crippen LogP contribution in [0.15, 0.2) is 24.3 Å². The lowest BCUT2D eigenvalue weighted by Crippen LogP contribution is -2.07. The number of pyridine rings is 1. The van der Waals surface area contributed by atoms with Crippen LogP contribution >= 0.6 is 11.6 Å². The van der Waals surface area contributed by atoms with Gasteiger partial charge in [0, 0.05) is 11.9 Å². The summed E-state index contributed by atoms with van der Waals surface area (Å²) in [7, 11) is 0. The quantitative estimate of drug-likeness (QED) is 0.799. The molecule has 0 atom stereocenters. The summed E-state index contributed by atoms with van der Waals surface area (Å²) in [5, 5.41) is -0.155. The smallest absolute Gasteiger partial charge is 0.326 e. The van der Waals surface area contributed by atoms with E-state index in [9.17, 15) is 13.2 Å². The van der Waals surface area contributed by atoms with Crippen molar-refractivity contribution in [3.8, 4) is 0 Å². The van der Waals surface area contributed by atoms with E-state index in [-0.39, 0.29) is 22.6 Å². The number of benzene rings is 1. The van der Waals surface area contributed by atoms with Crippen molar-refractivity contribution in [2.45, 2.75) is 12.7 Å². The second-order valence-electron chi connectivity index (χ2n) is 3.55. The minimum atomic E-state index is -4.45. The van der Waals surface area contributed by atoms with Gasteiger partial charge in [0.05, 0.1) is 11.1 Å². The molecule has 0 aliphatic rings. The number of halogens is 4. The molecule has 2 nitrogen and oxygen atoms in total. The maximum Gasteiger partial charge on any atom is 0.417 e. The molecule has 1 aromatic heterocycles. The lowest BCUT2D eigenvalue weighted by molar-refractivity contribution is -0.136. The maximum atomic E-state index is 12.8. The Morgan fingerprint density at radius 1 is 1.24 bits per heavy atom. The third kappa shape index (κ3) is 2.35. The van der Waals surface area contributed by atoms with Crippen LogP contribution < -0.4 is 5.73 Å². The van der Waals surface area contributed by atoms with Crippen LogP contribution in [0.1, 0.15) is 11.1 Å². The molecule has 0 bridgehead atoms. The third-order valence-corrected chi connectivity index (χ3v) is 2.58. The Morgan fingerprint density at radius 2 is 1.94 bits per heavy atom. The van der Waals surface area contributed by atoms with Gasteiger partial charge >= 0.3 is 6.18 Å². The highest BCUT2D eigenvalue weighted by atomic mass is 35.5. The Morgan fingerprint density at radius 3 is 2.53 bits per heavy atom. The number of hydrogen-bond acceptors (Lipinski definition) is 2. The van der Waals surface area contributed by atoms with Gasteiger partial charge in [0.25, 0.3) is 0 Å². The topological polar surface area (TPSA) is 38.9 Å². The normalized spacial score (nSPS) is 12.1. The number of aromatic nitrogens is 1. The summed E-state index contributed by atoms with van der Waals surface area (Å²) in [6.07, 6.45) is -4.45. The van der Waals surface area contributed by atoms with Gasteiger partial charge in [-0.25, -0.2) is 4.98 Å². The van der Waals surface area contributed by atoms with E-state index in [4.69, 9.17) is 17.3 Å². The molecule has 2 aromatic rings. The minimum Gasteiger partial charge on any atom is -0.326 e. The first-order valence-electron chi connectivity index (χ1n) is 4.78. The first-order chi connectivity index (χ1) is 7.91. The van der Waals surface area contributed by atoms with Gasteiger partial charge in [0.2, 0.25) is 0 Å². The predicted molar refractivity (Wildman–Crippen MR) is 59.6 cm³/mol. The number of nitrogens with zero attached hydrogens (tertiary/aromatic N) is 1. The molecule has 0 fully saturated rings. The average molecular weight is 261 g/mol. The minimum absolute atomic E-state index is 0.0269. The predicted octanol–water partition coefficient (Wildman–Crippen LogP) is 3.37. The van der Waals surface area contributed by atoms with Gasteiger partial charge in [-0.1, -0.05) is 23.7 Å². The second-order valence-corrected chi connectivity index (χ2v) is 3.93. The molecule has 0 aliphatic carbocycles. The summed E-state index contributed by atoms with van der Waals surface area (Å²) in [6.45, 7) is 0.242. The van der Waals surface area contributed by atoms with Gasteiger partial charge in [0.1, 0.15) is 5.15 Å². The SMILES string of the molecule is NCc1ccc2c(C(F)(F)F)cc(Cl)nc2c1. The number of nitrogens with two attached hydrogens (primary N) is 1. The number of hydrogen-bond donors (Lipinski definition) is 1. The van der Waals surface area contributed by atoms with Crippen LogP contribution in [0.5, 0.6) is 0 Å². The van der Waals surface area contributed by atoms with Crippen molar-refractivity contribution in [2.24, 2.45) is 5.73 Å². The number of fused-ring (bicyclic) bond motifs is 1. The standard InChI is InChI=1S/C11H8ClF3N2/c12-10-4-8(11(13,14)15)7-2-1-6(5-16)3-9(7)17-10/h1-4H,5,16H2. The van der Waals surface area contributed by atoms with Crippen LogP contribution in [0, 0.1) is 0 Å². The van der Waals surface area contributed by atoms with Crippen LogP contribution in [-0.4, -0.2) is 4.98 Å². The Balaban J connectivity index is 2.77. The number of alkyl halides is 3. The first-order valence-corrected chi connectivity index (χ1v) is 5.16. The number of rotatable bonds is 1. The van der Waals surface area contributed by atoms with Gasteiger partial charge in [0.15, 0.2) is 0 Å². The molecule has 0 aliphatic heterocycles. The van der Waals surface area contributed by atoms with Crippen molar-refractivity contribution in [1.29, 1.82) is 0 Å². The van der Waals surface area contributed by atoms with E-state index in [1.807, 2.05) is 0 Å². The maximum absolute atomic E-state index is 12.8. The lowest BCUT2D eigenvalue weighted by atomic mass is 10.1. The molecule has 1 heterocycles. The molecule has 17 heavy (non-hydrogen) atoms. The molecule has 0 spiro atoms. The third-order valence-electron chi connectivity index (χ3n) is 2.38. The van der Waals surface area contributed by atoms with Crippen LogP contribution in [0.3, 0.4) is 0 Å². The molecule has 0 saturated heterocycles. The Hall–Kier alpha value is -1.33. The zero-order valence-electron chi connectivity index (χ0n) is 8.55. The average Bonchev–Trinajstić information content (AvgIpc) is 2.25. The Labute approximate surface area is 100 Å². The molecule has 1 aromatic carbocycles.